The van der Waals surface area contributed by atoms with Crippen LogP contribution >= 0.6 is 27.3 Å². The zero-order chi connectivity index (χ0) is 11.6. The average Bonchev–Trinajstić information content (AvgIpc) is 2.66. The third-order valence-corrected chi connectivity index (χ3v) is 6.30. The van der Waals surface area contributed by atoms with Gasteiger partial charge in [-0.15, -0.1) is 11.3 Å². The minimum absolute atomic E-state index is 0.127. The lowest BCUT2D eigenvalue weighted by molar-refractivity contribution is 0.274. The van der Waals surface area contributed by atoms with Crippen molar-refractivity contribution in [2.45, 2.75) is 4.21 Å². The number of piperazine rings is 1. The fraction of sp³-hybridized carbons (Fsp3) is 0.556. The van der Waals surface area contributed by atoms with Gasteiger partial charge in [-0.25, -0.2) is 8.42 Å². The fourth-order valence-corrected chi connectivity index (χ4v) is 5.13. The molecule has 1 saturated heterocycles. The Morgan fingerprint density at radius 2 is 2.06 bits per heavy atom. The topological polar surface area (TPSA) is 49.4 Å². The molecule has 2 rings (SSSR count). The number of sulfone groups is 1. The largest absolute Gasteiger partial charge is 0.314 e. The van der Waals surface area contributed by atoms with Crippen molar-refractivity contribution in [3.8, 4) is 0 Å². The molecule has 90 valence electrons. The third kappa shape index (κ3) is 3.04. The van der Waals surface area contributed by atoms with Gasteiger partial charge < -0.3 is 5.32 Å². The molecule has 1 N–H and O–H groups in total. The van der Waals surface area contributed by atoms with Gasteiger partial charge in [0.05, 0.1) is 3.79 Å². The monoisotopic (exact) mass is 324 g/mol. The van der Waals surface area contributed by atoms with Gasteiger partial charge in [-0.3, -0.25) is 4.90 Å². The summed E-state index contributed by atoms with van der Waals surface area (Å²) in [6.07, 6.45) is 0. The predicted molar refractivity (Wildman–Crippen MR) is 68.5 cm³/mol. The Balaban J connectivity index is 2.07. The van der Waals surface area contributed by atoms with E-state index in [1.807, 2.05) is 4.90 Å². The lowest BCUT2D eigenvalue weighted by atomic mass is 10.4. The van der Waals surface area contributed by atoms with Gasteiger partial charge in [0.1, 0.15) is 10.1 Å². The maximum Gasteiger partial charge on any atom is 0.200 e. The molecule has 1 aromatic heterocycles. The quantitative estimate of drug-likeness (QED) is 0.906. The van der Waals surface area contributed by atoms with Crippen molar-refractivity contribution in [2.24, 2.45) is 0 Å². The molecule has 0 saturated carbocycles. The van der Waals surface area contributed by atoms with E-state index in [4.69, 9.17) is 0 Å². The molecule has 0 unspecified atom stereocenters. The molecule has 0 bridgehead atoms. The van der Waals surface area contributed by atoms with E-state index in [1.165, 1.54) is 11.3 Å². The van der Waals surface area contributed by atoms with E-state index in [9.17, 15) is 8.42 Å². The molecule has 0 atom stereocenters. The van der Waals surface area contributed by atoms with Crippen molar-refractivity contribution in [1.29, 1.82) is 0 Å². The smallest absolute Gasteiger partial charge is 0.200 e. The Kier molecular flexibility index (Phi) is 4.01. The number of thiophene rings is 1. The van der Waals surface area contributed by atoms with Crippen LogP contribution in [0.1, 0.15) is 0 Å². The summed E-state index contributed by atoms with van der Waals surface area (Å²) in [5, 5.41) is 3.20. The van der Waals surface area contributed by atoms with Gasteiger partial charge in [-0.1, -0.05) is 0 Å². The van der Waals surface area contributed by atoms with Crippen LogP contribution in [0.5, 0.6) is 0 Å². The van der Waals surface area contributed by atoms with Crippen molar-refractivity contribution < 1.29 is 8.42 Å². The first-order valence-electron chi connectivity index (χ1n) is 4.99. The van der Waals surface area contributed by atoms with Crippen LogP contribution in [0, 0.1) is 0 Å². The average molecular weight is 325 g/mol. The third-order valence-electron chi connectivity index (χ3n) is 2.42. The van der Waals surface area contributed by atoms with Gasteiger partial charge in [0.15, 0.2) is 0 Å². The van der Waals surface area contributed by atoms with E-state index in [-0.39, 0.29) is 5.88 Å². The lowest BCUT2D eigenvalue weighted by Crippen LogP contribution is -2.45. The maximum absolute atomic E-state index is 12.0. The minimum atomic E-state index is -3.15. The van der Waals surface area contributed by atoms with Crippen molar-refractivity contribution >= 4 is 37.1 Å². The number of nitrogens with zero attached hydrogens (tertiary/aromatic N) is 1. The molecule has 0 aliphatic carbocycles. The fourth-order valence-electron chi connectivity index (χ4n) is 1.61. The number of halogens is 1. The van der Waals surface area contributed by atoms with Crippen molar-refractivity contribution in [3.05, 3.63) is 15.9 Å². The van der Waals surface area contributed by atoms with Gasteiger partial charge in [-0.2, -0.15) is 0 Å². The number of hydrogen-bond acceptors (Lipinski definition) is 5. The maximum atomic E-state index is 12.0. The summed E-state index contributed by atoms with van der Waals surface area (Å²) in [5.74, 6) is 0.127. The first kappa shape index (κ1) is 12.5. The van der Waals surface area contributed by atoms with E-state index < -0.39 is 9.84 Å². The molecular formula is C9H13BrN2O2S2. The van der Waals surface area contributed by atoms with Gasteiger partial charge in [0.2, 0.25) is 9.84 Å². The van der Waals surface area contributed by atoms with E-state index in [2.05, 4.69) is 21.2 Å². The summed E-state index contributed by atoms with van der Waals surface area (Å²) in [4.78, 5) is 1.97. The van der Waals surface area contributed by atoms with Crippen LogP contribution in [-0.4, -0.2) is 45.4 Å². The molecule has 1 aliphatic heterocycles. The Hall–Kier alpha value is 0.0500. The Morgan fingerprint density at radius 3 is 2.62 bits per heavy atom. The van der Waals surface area contributed by atoms with Gasteiger partial charge >= 0.3 is 0 Å². The molecule has 0 aromatic carbocycles. The molecular weight excluding hydrogens is 312 g/mol. The molecule has 7 heteroatoms. The zero-order valence-electron chi connectivity index (χ0n) is 8.65. The van der Waals surface area contributed by atoms with Crippen LogP contribution < -0.4 is 5.32 Å². The van der Waals surface area contributed by atoms with Crippen molar-refractivity contribution in [1.82, 2.24) is 10.2 Å². The zero-order valence-corrected chi connectivity index (χ0v) is 11.9. The van der Waals surface area contributed by atoms with Gasteiger partial charge in [-0.05, 0) is 28.1 Å². The number of rotatable bonds is 3. The van der Waals surface area contributed by atoms with Crippen molar-refractivity contribution in [3.63, 3.8) is 0 Å². The molecule has 1 aromatic rings. The Morgan fingerprint density at radius 1 is 1.38 bits per heavy atom. The standard InChI is InChI=1S/C9H13BrN2O2S2/c10-8-1-2-9(15-8)16(13,14)7-12-5-3-11-4-6-12/h1-2,11H,3-7H2. The van der Waals surface area contributed by atoms with E-state index in [1.54, 1.807) is 12.1 Å². The minimum Gasteiger partial charge on any atom is -0.314 e. The van der Waals surface area contributed by atoms with Crippen molar-refractivity contribution in [2.75, 3.05) is 32.1 Å². The normalized spacial score (nSPS) is 18.8. The summed E-state index contributed by atoms with van der Waals surface area (Å²) in [6.45, 7) is 3.32. The molecule has 0 amide bonds. The van der Waals surface area contributed by atoms with Gasteiger partial charge in [0.25, 0.3) is 0 Å². The summed E-state index contributed by atoms with van der Waals surface area (Å²) >= 11 is 4.55. The highest BCUT2D eigenvalue weighted by atomic mass is 79.9. The van der Waals surface area contributed by atoms with Crippen LogP contribution in [0.2, 0.25) is 0 Å². The second kappa shape index (κ2) is 5.14. The molecule has 2 heterocycles. The lowest BCUT2D eigenvalue weighted by Gasteiger charge is -2.26. The van der Waals surface area contributed by atoms with Gasteiger partial charge in [0, 0.05) is 26.2 Å². The molecule has 16 heavy (non-hydrogen) atoms. The Bertz CT molecular complexity index is 452. The highest BCUT2D eigenvalue weighted by Gasteiger charge is 2.21. The first-order chi connectivity index (χ1) is 7.58. The highest BCUT2D eigenvalue weighted by molar-refractivity contribution is 9.11. The second-order valence-corrected chi connectivity index (χ2v) is 8.32. The van der Waals surface area contributed by atoms with E-state index in [0.29, 0.717) is 4.21 Å². The predicted octanol–water partition coefficient (Wildman–Crippen LogP) is 1.15. The molecule has 4 nitrogen and oxygen atoms in total. The molecule has 0 spiro atoms. The first-order valence-corrected chi connectivity index (χ1v) is 8.25. The van der Waals surface area contributed by atoms with E-state index in [0.717, 1.165) is 30.0 Å². The van der Waals surface area contributed by atoms with Crippen LogP contribution in [0.3, 0.4) is 0 Å². The molecule has 0 radical (unpaired) electrons. The summed E-state index contributed by atoms with van der Waals surface area (Å²) in [6, 6.07) is 3.43. The van der Waals surface area contributed by atoms with Crippen LogP contribution in [0.15, 0.2) is 20.1 Å². The van der Waals surface area contributed by atoms with Crippen LogP contribution in [-0.2, 0) is 9.84 Å². The molecule has 1 fully saturated rings. The SMILES string of the molecule is O=S(=O)(CN1CCNCC1)c1ccc(Br)s1. The van der Waals surface area contributed by atoms with Crippen LogP contribution in [0.25, 0.3) is 0 Å². The molecule has 1 aliphatic rings. The van der Waals surface area contributed by atoms with Crippen LogP contribution in [0.4, 0.5) is 0 Å². The summed E-state index contributed by atoms with van der Waals surface area (Å²) in [7, 11) is -3.15. The summed E-state index contributed by atoms with van der Waals surface area (Å²) in [5.41, 5.74) is 0. The van der Waals surface area contributed by atoms with E-state index >= 15 is 0 Å². The second-order valence-electron chi connectivity index (χ2n) is 3.67. The number of hydrogen-bond donors (Lipinski definition) is 1. The Labute approximate surface area is 108 Å². The summed E-state index contributed by atoms with van der Waals surface area (Å²) < 4.78 is 25.4. The highest BCUT2D eigenvalue weighted by Crippen LogP contribution is 2.27. The number of nitrogens with one attached hydrogen (secondary N) is 1.